The first-order valence-electron chi connectivity index (χ1n) is 12.4. The van der Waals surface area contributed by atoms with E-state index in [2.05, 4.69) is 10.6 Å². The number of benzene rings is 3. The second-order valence-corrected chi connectivity index (χ2v) is 10.6. The van der Waals surface area contributed by atoms with Gasteiger partial charge in [0.15, 0.2) is 0 Å². The third kappa shape index (κ3) is 5.66. The number of rotatable bonds is 5. The minimum atomic E-state index is -1.14. The first-order chi connectivity index (χ1) is 17.6. The Kier molecular flexibility index (Phi) is 7.34. The highest BCUT2D eigenvalue weighted by Crippen LogP contribution is 2.42. The number of fused-ring (bicyclic) bond motifs is 1. The van der Waals surface area contributed by atoms with Crippen LogP contribution in [0.25, 0.3) is 0 Å². The van der Waals surface area contributed by atoms with Crippen molar-refractivity contribution in [2.75, 3.05) is 10.2 Å². The maximum absolute atomic E-state index is 14.1. The highest BCUT2D eigenvalue weighted by molar-refractivity contribution is 6.05. The quantitative estimate of drug-likeness (QED) is 0.428. The smallest absolute Gasteiger partial charge is 0.327 e. The number of aryl methyl sites for hydroxylation is 1. The number of nitrogens with one attached hydrogen (secondary N) is 2. The minimum absolute atomic E-state index is 0.231. The number of amides is 3. The molecule has 0 radical (unpaired) electrons. The van der Waals surface area contributed by atoms with Crippen molar-refractivity contribution < 1.29 is 19.5 Å². The second kappa shape index (κ2) is 10.5. The number of nitrogens with zero attached hydrogens (tertiary/aromatic N) is 1. The fraction of sp³-hybridized carbons (Fsp3) is 0.300. The molecule has 7 heteroatoms. The van der Waals surface area contributed by atoms with Crippen LogP contribution in [-0.2, 0) is 9.59 Å². The van der Waals surface area contributed by atoms with E-state index in [1.165, 1.54) is 4.90 Å². The van der Waals surface area contributed by atoms with Crippen LogP contribution in [0, 0.1) is 12.3 Å². The Morgan fingerprint density at radius 3 is 2.30 bits per heavy atom. The van der Waals surface area contributed by atoms with Crippen LogP contribution in [0.1, 0.15) is 49.8 Å². The van der Waals surface area contributed by atoms with Gasteiger partial charge < -0.3 is 15.7 Å². The van der Waals surface area contributed by atoms with E-state index < -0.39 is 35.4 Å². The van der Waals surface area contributed by atoms with Gasteiger partial charge >= 0.3 is 12.0 Å². The van der Waals surface area contributed by atoms with E-state index in [0.29, 0.717) is 11.4 Å². The van der Waals surface area contributed by atoms with Crippen molar-refractivity contribution in [3.63, 3.8) is 0 Å². The van der Waals surface area contributed by atoms with E-state index in [-0.39, 0.29) is 12.3 Å². The standard InChI is InChI=1S/C30H33N3O4/c1-19-11-10-14-21(17-19)31-29(37)32-24-18-23(20-12-6-5-7-13-20)22-15-8-9-16-25(22)33(27(24)34)26(28(35)36)30(2,3)4/h5-17,23-24,26H,18H2,1-4H3,(H,35,36)(H2,31,32,37). The molecule has 0 aromatic heterocycles. The Morgan fingerprint density at radius 2 is 1.65 bits per heavy atom. The van der Waals surface area contributed by atoms with E-state index in [1.807, 2.05) is 67.6 Å². The normalized spacial score (nSPS) is 18.4. The van der Waals surface area contributed by atoms with Crippen molar-refractivity contribution in [2.45, 2.75) is 52.1 Å². The molecule has 0 bridgehead atoms. The van der Waals surface area contributed by atoms with Crippen molar-refractivity contribution in [2.24, 2.45) is 5.41 Å². The highest BCUT2D eigenvalue weighted by Gasteiger charge is 2.46. The Balaban J connectivity index is 1.79. The SMILES string of the molecule is Cc1cccc(NC(=O)NC2CC(c3ccccc3)c3ccccc3N(C(C(=O)O)C(C)(C)C)C2=O)c1. The van der Waals surface area contributed by atoms with Crippen LogP contribution in [0.4, 0.5) is 16.2 Å². The van der Waals surface area contributed by atoms with Gasteiger partial charge in [-0.15, -0.1) is 0 Å². The number of urea groups is 1. The van der Waals surface area contributed by atoms with Gasteiger partial charge in [0.05, 0.1) is 0 Å². The molecule has 3 aromatic carbocycles. The first-order valence-corrected chi connectivity index (χ1v) is 12.4. The molecule has 3 unspecified atom stereocenters. The summed E-state index contributed by atoms with van der Waals surface area (Å²) in [6.45, 7) is 7.33. The number of aliphatic carboxylic acids is 1. The fourth-order valence-corrected chi connectivity index (χ4v) is 5.06. The third-order valence-electron chi connectivity index (χ3n) is 6.67. The topological polar surface area (TPSA) is 98.7 Å². The molecule has 1 aliphatic heterocycles. The summed E-state index contributed by atoms with van der Waals surface area (Å²) in [7, 11) is 0. The number of hydrogen-bond acceptors (Lipinski definition) is 3. The average molecular weight is 500 g/mol. The molecule has 192 valence electrons. The predicted molar refractivity (Wildman–Crippen MR) is 145 cm³/mol. The van der Waals surface area contributed by atoms with Gasteiger partial charge in [-0.1, -0.05) is 81.4 Å². The van der Waals surface area contributed by atoms with Crippen LogP contribution in [0.15, 0.2) is 78.9 Å². The van der Waals surface area contributed by atoms with E-state index >= 15 is 0 Å². The molecule has 0 saturated carbocycles. The minimum Gasteiger partial charge on any atom is -0.480 e. The van der Waals surface area contributed by atoms with E-state index in [0.717, 1.165) is 16.7 Å². The lowest BCUT2D eigenvalue weighted by molar-refractivity contribution is -0.143. The Hall–Kier alpha value is -4.13. The third-order valence-corrected chi connectivity index (χ3v) is 6.67. The molecular weight excluding hydrogens is 466 g/mol. The summed E-state index contributed by atoms with van der Waals surface area (Å²) < 4.78 is 0. The maximum Gasteiger partial charge on any atom is 0.327 e. The molecule has 0 spiro atoms. The van der Waals surface area contributed by atoms with Crippen LogP contribution in [0.5, 0.6) is 0 Å². The lowest BCUT2D eigenvalue weighted by Gasteiger charge is -2.38. The maximum atomic E-state index is 14.1. The Bertz CT molecular complexity index is 1300. The highest BCUT2D eigenvalue weighted by atomic mass is 16.4. The number of carboxylic acids is 1. The number of carbonyl (C=O) groups excluding carboxylic acids is 2. The van der Waals surface area contributed by atoms with Crippen LogP contribution >= 0.6 is 0 Å². The summed E-state index contributed by atoms with van der Waals surface area (Å²) >= 11 is 0. The van der Waals surface area contributed by atoms with Gasteiger partial charge in [-0.05, 0) is 53.6 Å². The molecule has 3 N–H and O–H groups in total. The van der Waals surface area contributed by atoms with Gasteiger partial charge in [0.1, 0.15) is 12.1 Å². The van der Waals surface area contributed by atoms with Crippen LogP contribution < -0.4 is 15.5 Å². The molecule has 3 aromatic rings. The van der Waals surface area contributed by atoms with Crippen molar-refractivity contribution >= 4 is 29.3 Å². The van der Waals surface area contributed by atoms with E-state index in [1.54, 1.807) is 39.0 Å². The fourth-order valence-electron chi connectivity index (χ4n) is 5.06. The summed E-state index contributed by atoms with van der Waals surface area (Å²) in [6.07, 6.45) is 0.286. The van der Waals surface area contributed by atoms with Gasteiger partial charge in [-0.2, -0.15) is 0 Å². The molecule has 0 aliphatic carbocycles. The van der Waals surface area contributed by atoms with Crippen LogP contribution in [0.3, 0.4) is 0 Å². The van der Waals surface area contributed by atoms with Gasteiger partial charge in [0.25, 0.3) is 0 Å². The zero-order chi connectivity index (χ0) is 26.7. The summed E-state index contributed by atoms with van der Waals surface area (Å²) in [6, 6.07) is 22.0. The molecular formula is C30H33N3O4. The van der Waals surface area contributed by atoms with E-state index in [4.69, 9.17) is 0 Å². The number of anilines is 2. The molecule has 0 saturated heterocycles. The summed E-state index contributed by atoms with van der Waals surface area (Å²) in [4.78, 5) is 41.1. The lowest BCUT2D eigenvalue weighted by atomic mass is 9.84. The van der Waals surface area contributed by atoms with Gasteiger partial charge in [0.2, 0.25) is 5.91 Å². The van der Waals surface area contributed by atoms with Crippen LogP contribution in [-0.4, -0.2) is 35.1 Å². The summed E-state index contributed by atoms with van der Waals surface area (Å²) in [5.41, 5.74) is 3.21. The largest absolute Gasteiger partial charge is 0.480 e. The average Bonchev–Trinajstić information content (AvgIpc) is 2.94. The Labute approximate surface area is 217 Å². The van der Waals surface area contributed by atoms with Crippen molar-refractivity contribution in [1.29, 1.82) is 0 Å². The molecule has 37 heavy (non-hydrogen) atoms. The first kappa shape index (κ1) is 25.9. The van der Waals surface area contributed by atoms with Crippen LogP contribution in [0.2, 0.25) is 0 Å². The predicted octanol–water partition coefficient (Wildman–Crippen LogP) is 5.55. The molecule has 3 amide bonds. The second-order valence-electron chi connectivity index (χ2n) is 10.6. The molecule has 0 fully saturated rings. The number of carbonyl (C=O) groups is 3. The number of hydrogen-bond donors (Lipinski definition) is 3. The lowest BCUT2D eigenvalue weighted by Crippen LogP contribution is -2.58. The molecule has 1 aliphatic rings. The summed E-state index contributed by atoms with van der Waals surface area (Å²) in [5.74, 6) is -1.78. The van der Waals surface area contributed by atoms with E-state index in [9.17, 15) is 19.5 Å². The number of carboxylic acid groups (broad SMARTS) is 1. The zero-order valence-corrected chi connectivity index (χ0v) is 21.6. The monoisotopic (exact) mass is 499 g/mol. The van der Waals surface area contributed by atoms with Gasteiger partial charge in [-0.3, -0.25) is 9.69 Å². The summed E-state index contributed by atoms with van der Waals surface area (Å²) in [5, 5.41) is 15.9. The van der Waals surface area contributed by atoms with Crippen molar-refractivity contribution in [3.05, 3.63) is 95.6 Å². The van der Waals surface area contributed by atoms with Gasteiger partial charge in [0, 0.05) is 17.3 Å². The van der Waals surface area contributed by atoms with Gasteiger partial charge in [-0.25, -0.2) is 9.59 Å². The zero-order valence-electron chi connectivity index (χ0n) is 21.6. The van der Waals surface area contributed by atoms with Crippen molar-refractivity contribution in [1.82, 2.24) is 5.32 Å². The molecule has 1 heterocycles. The molecule has 3 atom stereocenters. The molecule has 4 rings (SSSR count). The Morgan fingerprint density at radius 1 is 0.973 bits per heavy atom. The van der Waals surface area contributed by atoms with Crippen molar-refractivity contribution in [3.8, 4) is 0 Å². The molecule has 7 nitrogen and oxygen atoms in total. The number of para-hydroxylation sites is 1.